The molecule has 0 N–H and O–H groups in total. The molecule has 1 saturated carbocycles. The highest BCUT2D eigenvalue weighted by atomic mass is 14.3. The minimum absolute atomic E-state index is 0.356. The Morgan fingerprint density at radius 1 is 1.23 bits per heavy atom. The van der Waals surface area contributed by atoms with Gasteiger partial charge in [-0.15, -0.1) is 6.42 Å². The Labute approximate surface area is 80.0 Å². The summed E-state index contributed by atoms with van der Waals surface area (Å²) in [6.07, 6.45) is 9.54. The number of benzene rings is 1. The van der Waals surface area contributed by atoms with Crippen molar-refractivity contribution in [3.05, 3.63) is 35.9 Å². The zero-order valence-electron chi connectivity index (χ0n) is 7.74. The highest BCUT2D eigenvalue weighted by Gasteiger charge is 2.26. The Kier molecular flexibility index (Phi) is 2.36. The van der Waals surface area contributed by atoms with Crippen LogP contribution in [0.15, 0.2) is 30.3 Å². The molecular formula is C13H14. The molecule has 1 aliphatic rings. The zero-order valence-corrected chi connectivity index (χ0v) is 7.74. The van der Waals surface area contributed by atoms with Gasteiger partial charge in [-0.3, -0.25) is 0 Å². The molecule has 1 unspecified atom stereocenters. The van der Waals surface area contributed by atoms with Gasteiger partial charge in [-0.05, 0) is 24.3 Å². The van der Waals surface area contributed by atoms with E-state index in [0.717, 1.165) is 5.92 Å². The number of terminal acetylenes is 1. The van der Waals surface area contributed by atoms with Crippen molar-refractivity contribution in [2.75, 3.05) is 0 Å². The first-order chi connectivity index (χ1) is 6.42. The molecule has 13 heavy (non-hydrogen) atoms. The molecule has 1 aromatic rings. The lowest BCUT2D eigenvalue weighted by molar-refractivity contribution is 0.293. The fraction of sp³-hybridized carbons (Fsp3) is 0.385. The first-order valence-corrected chi connectivity index (χ1v) is 4.93. The normalized spacial score (nSPS) is 18.7. The Balaban J connectivity index is 2.18. The predicted octanol–water partition coefficient (Wildman–Crippen LogP) is 3.20. The van der Waals surface area contributed by atoms with Crippen molar-refractivity contribution in [3.8, 4) is 12.3 Å². The predicted molar refractivity (Wildman–Crippen MR) is 55.4 cm³/mol. The summed E-state index contributed by atoms with van der Waals surface area (Å²) in [5, 5.41) is 0. The molecule has 0 heterocycles. The Bertz CT molecular complexity index is 301. The van der Waals surface area contributed by atoms with Gasteiger partial charge in [0.05, 0.1) is 0 Å². The van der Waals surface area contributed by atoms with Gasteiger partial charge in [-0.25, -0.2) is 0 Å². The van der Waals surface area contributed by atoms with Crippen molar-refractivity contribution in [2.24, 2.45) is 5.92 Å². The number of hydrogen-bond donors (Lipinski definition) is 0. The summed E-state index contributed by atoms with van der Waals surface area (Å²) in [6, 6.07) is 10.5. The van der Waals surface area contributed by atoms with Crippen molar-refractivity contribution in [3.63, 3.8) is 0 Å². The minimum Gasteiger partial charge on any atom is -0.119 e. The highest BCUT2D eigenvalue weighted by molar-refractivity contribution is 5.28. The van der Waals surface area contributed by atoms with Crippen LogP contribution in [0.1, 0.15) is 30.7 Å². The van der Waals surface area contributed by atoms with Gasteiger partial charge in [0.15, 0.2) is 0 Å². The van der Waals surface area contributed by atoms with E-state index >= 15 is 0 Å². The summed E-state index contributed by atoms with van der Waals surface area (Å²) in [6.45, 7) is 0. The van der Waals surface area contributed by atoms with Crippen LogP contribution >= 0.6 is 0 Å². The van der Waals surface area contributed by atoms with Crippen molar-refractivity contribution in [2.45, 2.75) is 25.2 Å². The summed E-state index contributed by atoms with van der Waals surface area (Å²) in [5.41, 5.74) is 1.31. The van der Waals surface area contributed by atoms with E-state index in [1.165, 1.54) is 24.8 Å². The number of hydrogen-bond acceptors (Lipinski definition) is 0. The second kappa shape index (κ2) is 3.66. The SMILES string of the molecule is C#CC(c1ccccc1)C1CCC1. The molecule has 0 aliphatic heterocycles. The molecule has 0 amide bonds. The standard InChI is InChI=1S/C13H14/c1-2-13(12-9-6-10-12)11-7-4-3-5-8-11/h1,3-5,7-8,12-13H,6,9-10H2. The smallest absolute Gasteiger partial charge is 0.0477 e. The molecule has 2 rings (SSSR count). The molecule has 0 saturated heterocycles. The first-order valence-electron chi connectivity index (χ1n) is 4.93. The molecule has 66 valence electrons. The van der Waals surface area contributed by atoms with E-state index in [4.69, 9.17) is 6.42 Å². The Hall–Kier alpha value is -1.22. The van der Waals surface area contributed by atoms with Crippen molar-refractivity contribution in [1.29, 1.82) is 0 Å². The molecule has 0 nitrogen and oxygen atoms in total. The Morgan fingerprint density at radius 2 is 1.92 bits per heavy atom. The highest BCUT2D eigenvalue weighted by Crippen LogP contribution is 2.38. The molecule has 0 bridgehead atoms. The van der Waals surface area contributed by atoms with E-state index < -0.39 is 0 Å². The molecule has 0 aromatic heterocycles. The zero-order chi connectivity index (χ0) is 9.10. The van der Waals surface area contributed by atoms with Crippen LogP contribution in [0.25, 0.3) is 0 Å². The van der Waals surface area contributed by atoms with E-state index in [1.807, 2.05) is 6.07 Å². The summed E-state index contributed by atoms with van der Waals surface area (Å²) in [7, 11) is 0. The average Bonchev–Trinajstić information content (AvgIpc) is 2.12. The van der Waals surface area contributed by atoms with Crippen molar-refractivity contribution >= 4 is 0 Å². The second-order valence-electron chi connectivity index (χ2n) is 3.75. The van der Waals surface area contributed by atoms with Crippen LogP contribution in [-0.2, 0) is 0 Å². The largest absolute Gasteiger partial charge is 0.119 e. The van der Waals surface area contributed by atoms with Crippen LogP contribution in [0.4, 0.5) is 0 Å². The maximum absolute atomic E-state index is 5.57. The molecule has 0 heteroatoms. The lowest BCUT2D eigenvalue weighted by Crippen LogP contribution is -2.19. The van der Waals surface area contributed by atoms with Gasteiger partial charge in [0.25, 0.3) is 0 Å². The monoisotopic (exact) mass is 170 g/mol. The third-order valence-electron chi connectivity index (χ3n) is 2.96. The average molecular weight is 170 g/mol. The molecule has 1 atom stereocenters. The summed E-state index contributed by atoms with van der Waals surface area (Å²) in [4.78, 5) is 0. The molecule has 1 aromatic carbocycles. The van der Waals surface area contributed by atoms with E-state index in [0.29, 0.717) is 5.92 Å². The maximum atomic E-state index is 5.57. The van der Waals surface area contributed by atoms with Gasteiger partial charge >= 0.3 is 0 Å². The summed E-state index contributed by atoms with van der Waals surface area (Å²) in [5.74, 6) is 4.02. The fourth-order valence-corrected chi connectivity index (χ4v) is 1.94. The lowest BCUT2D eigenvalue weighted by atomic mass is 9.73. The van der Waals surface area contributed by atoms with Crippen LogP contribution in [0.3, 0.4) is 0 Å². The second-order valence-corrected chi connectivity index (χ2v) is 3.75. The van der Waals surface area contributed by atoms with Gasteiger partial charge in [0, 0.05) is 5.92 Å². The van der Waals surface area contributed by atoms with Gasteiger partial charge in [0.1, 0.15) is 0 Å². The van der Waals surface area contributed by atoms with Gasteiger partial charge in [0.2, 0.25) is 0 Å². The van der Waals surface area contributed by atoms with Crippen molar-refractivity contribution in [1.82, 2.24) is 0 Å². The maximum Gasteiger partial charge on any atom is 0.0477 e. The van der Waals surface area contributed by atoms with Gasteiger partial charge in [-0.1, -0.05) is 42.7 Å². The number of rotatable bonds is 2. The van der Waals surface area contributed by atoms with E-state index in [9.17, 15) is 0 Å². The van der Waals surface area contributed by atoms with Crippen LogP contribution in [-0.4, -0.2) is 0 Å². The third kappa shape index (κ3) is 1.60. The summed E-state index contributed by atoms with van der Waals surface area (Å²) >= 11 is 0. The minimum atomic E-state index is 0.356. The van der Waals surface area contributed by atoms with Crippen molar-refractivity contribution < 1.29 is 0 Å². The molecular weight excluding hydrogens is 156 g/mol. The van der Waals surface area contributed by atoms with Crippen LogP contribution in [0.5, 0.6) is 0 Å². The lowest BCUT2D eigenvalue weighted by Gasteiger charge is -2.30. The Morgan fingerprint density at radius 3 is 2.38 bits per heavy atom. The van der Waals surface area contributed by atoms with Gasteiger partial charge in [-0.2, -0.15) is 0 Å². The fourth-order valence-electron chi connectivity index (χ4n) is 1.94. The van der Waals surface area contributed by atoms with Gasteiger partial charge < -0.3 is 0 Å². The topological polar surface area (TPSA) is 0 Å². The van der Waals surface area contributed by atoms with E-state index in [1.54, 1.807) is 0 Å². The first kappa shape index (κ1) is 8.38. The van der Waals surface area contributed by atoms with Crippen LogP contribution in [0.2, 0.25) is 0 Å². The quantitative estimate of drug-likeness (QED) is 0.598. The molecule has 0 spiro atoms. The molecule has 1 fully saturated rings. The van der Waals surface area contributed by atoms with E-state index in [2.05, 4.69) is 30.2 Å². The molecule has 1 aliphatic carbocycles. The van der Waals surface area contributed by atoms with Crippen LogP contribution < -0.4 is 0 Å². The van der Waals surface area contributed by atoms with E-state index in [-0.39, 0.29) is 0 Å². The summed E-state index contributed by atoms with van der Waals surface area (Å²) < 4.78 is 0. The molecule has 0 radical (unpaired) electrons. The van der Waals surface area contributed by atoms with Crippen LogP contribution in [0, 0.1) is 18.3 Å². The third-order valence-corrected chi connectivity index (χ3v) is 2.96.